The van der Waals surface area contributed by atoms with Crippen LogP contribution in [0, 0.1) is 5.92 Å². The van der Waals surface area contributed by atoms with Crippen molar-refractivity contribution in [2.45, 2.75) is 63.2 Å². The Morgan fingerprint density at radius 1 is 1.30 bits per heavy atom. The summed E-state index contributed by atoms with van der Waals surface area (Å²) in [6.07, 6.45) is 4.54. The normalized spacial score (nSPS) is 31.2. The SMILES string of the molecule is CCC(C)(C(O)C1CCOC2(CCOCC2)C1)N(C)C. The number of hydrogen-bond acceptors (Lipinski definition) is 4. The van der Waals surface area contributed by atoms with Crippen LogP contribution < -0.4 is 0 Å². The van der Waals surface area contributed by atoms with Crippen LogP contribution in [-0.4, -0.2) is 61.2 Å². The predicted molar refractivity (Wildman–Crippen MR) is 79.8 cm³/mol. The van der Waals surface area contributed by atoms with Crippen molar-refractivity contribution in [3.05, 3.63) is 0 Å². The molecule has 0 aromatic carbocycles. The maximum Gasteiger partial charge on any atom is 0.0750 e. The monoisotopic (exact) mass is 285 g/mol. The number of likely N-dealkylation sites (N-methyl/N-ethyl adjacent to an activating group) is 1. The van der Waals surface area contributed by atoms with Crippen LogP contribution >= 0.6 is 0 Å². The Balaban J connectivity index is 2.08. The zero-order valence-corrected chi connectivity index (χ0v) is 13.5. The van der Waals surface area contributed by atoms with Crippen LogP contribution in [0.3, 0.4) is 0 Å². The molecular formula is C16H31NO3. The highest BCUT2D eigenvalue weighted by atomic mass is 16.5. The topological polar surface area (TPSA) is 41.9 Å². The van der Waals surface area contributed by atoms with Gasteiger partial charge in [0.05, 0.1) is 11.7 Å². The first-order valence-corrected chi connectivity index (χ1v) is 8.01. The summed E-state index contributed by atoms with van der Waals surface area (Å²) in [4.78, 5) is 2.17. The van der Waals surface area contributed by atoms with E-state index in [1.165, 1.54) is 0 Å². The van der Waals surface area contributed by atoms with Gasteiger partial charge >= 0.3 is 0 Å². The van der Waals surface area contributed by atoms with Crippen LogP contribution in [0.2, 0.25) is 0 Å². The zero-order valence-electron chi connectivity index (χ0n) is 13.5. The smallest absolute Gasteiger partial charge is 0.0750 e. The summed E-state index contributed by atoms with van der Waals surface area (Å²) in [6, 6.07) is 0. The lowest BCUT2D eigenvalue weighted by Crippen LogP contribution is -2.56. The van der Waals surface area contributed by atoms with Crippen molar-refractivity contribution in [2.24, 2.45) is 5.92 Å². The maximum atomic E-state index is 10.9. The van der Waals surface area contributed by atoms with Crippen LogP contribution in [0.1, 0.15) is 46.0 Å². The van der Waals surface area contributed by atoms with Crippen molar-refractivity contribution >= 4 is 0 Å². The molecule has 3 unspecified atom stereocenters. The van der Waals surface area contributed by atoms with E-state index in [0.29, 0.717) is 5.92 Å². The fraction of sp³-hybridized carbons (Fsp3) is 1.00. The molecule has 0 radical (unpaired) electrons. The Hall–Kier alpha value is -0.160. The molecule has 1 spiro atoms. The summed E-state index contributed by atoms with van der Waals surface area (Å²) < 4.78 is 11.6. The first-order chi connectivity index (χ1) is 9.43. The molecular weight excluding hydrogens is 254 g/mol. The third-order valence-corrected chi connectivity index (χ3v) is 5.76. The molecule has 3 atom stereocenters. The molecule has 4 heteroatoms. The van der Waals surface area contributed by atoms with Crippen molar-refractivity contribution in [3.8, 4) is 0 Å². The molecule has 0 aromatic rings. The molecule has 0 aromatic heterocycles. The van der Waals surface area contributed by atoms with Gasteiger partial charge in [-0.05, 0) is 59.0 Å². The molecule has 0 saturated carbocycles. The number of rotatable bonds is 4. The minimum atomic E-state index is -0.300. The average Bonchev–Trinajstić information content (AvgIpc) is 2.46. The lowest BCUT2D eigenvalue weighted by molar-refractivity contribution is -0.169. The van der Waals surface area contributed by atoms with Gasteiger partial charge < -0.3 is 19.5 Å². The van der Waals surface area contributed by atoms with Gasteiger partial charge in [0, 0.05) is 25.4 Å². The van der Waals surface area contributed by atoms with Gasteiger partial charge in [-0.15, -0.1) is 0 Å². The van der Waals surface area contributed by atoms with Crippen molar-refractivity contribution in [1.82, 2.24) is 4.90 Å². The fourth-order valence-electron chi connectivity index (χ4n) is 3.72. The van der Waals surface area contributed by atoms with E-state index in [9.17, 15) is 5.11 Å². The van der Waals surface area contributed by atoms with E-state index in [1.54, 1.807) is 0 Å². The molecule has 0 amide bonds. The van der Waals surface area contributed by atoms with Gasteiger partial charge in [0.15, 0.2) is 0 Å². The Bertz CT molecular complexity index is 309. The molecule has 4 nitrogen and oxygen atoms in total. The third kappa shape index (κ3) is 3.03. The summed E-state index contributed by atoms with van der Waals surface area (Å²) >= 11 is 0. The molecule has 2 fully saturated rings. The Morgan fingerprint density at radius 3 is 2.50 bits per heavy atom. The zero-order chi connectivity index (χ0) is 14.8. The first-order valence-electron chi connectivity index (χ1n) is 8.01. The predicted octanol–water partition coefficient (Wildman–Crippen LogP) is 2.05. The van der Waals surface area contributed by atoms with Crippen LogP contribution in [0.5, 0.6) is 0 Å². The Morgan fingerprint density at radius 2 is 1.95 bits per heavy atom. The number of nitrogens with zero attached hydrogens (tertiary/aromatic N) is 1. The molecule has 20 heavy (non-hydrogen) atoms. The van der Waals surface area contributed by atoms with Crippen molar-refractivity contribution < 1.29 is 14.6 Å². The number of aliphatic hydroxyl groups excluding tert-OH is 1. The Labute approximate surface area is 123 Å². The molecule has 2 heterocycles. The lowest BCUT2D eigenvalue weighted by atomic mass is 9.73. The van der Waals surface area contributed by atoms with Gasteiger partial charge in [-0.1, -0.05) is 6.92 Å². The van der Waals surface area contributed by atoms with Gasteiger partial charge in [-0.3, -0.25) is 0 Å². The quantitative estimate of drug-likeness (QED) is 0.858. The lowest BCUT2D eigenvalue weighted by Gasteiger charge is -2.49. The maximum absolute atomic E-state index is 10.9. The summed E-state index contributed by atoms with van der Waals surface area (Å²) in [7, 11) is 4.13. The second kappa shape index (κ2) is 6.30. The number of aliphatic hydroxyl groups is 1. The highest BCUT2D eigenvalue weighted by Crippen LogP contribution is 2.41. The van der Waals surface area contributed by atoms with Crippen molar-refractivity contribution in [2.75, 3.05) is 33.9 Å². The molecule has 118 valence electrons. The minimum absolute atomic E-state index is 0.0386. The van der Waals surface area contributed by atoms with Crippen LogP contribution in [0.4, 0.5) is 0 Å². The Kier molecular flexibility index (Phi) is 5.11. The average molecular weight is 285 g/mol. The summed E-state index contributed by atoms with van der Waals surface area (Å²) in [5, 5.41) is 10.9. The van der Waals surface area contributed by atoms with E-state index >= 15 is 0 Å². The highest BCUT2D eigenvalue weighted by molar-refractivity contribution is 4.98. The molecule has 0 aliphatic carbocycles. The largest absolute Gasteiger partial charge is 0.391 e. The van der Waals surface area contributed by atoms with E-state index < -0.39 is 0 Å². The van der Waals surface area contributed by atoms with Crippen LogP contribution in [0.15, 0.2) is 0 Å². The number of ether oxygens (including phenoxy) is 2. The third-order valence-electron chi connectivity index (χ3n) is 5.76. The van der Waals surface area contributed by atoms with Crippen molar-refractivity contribution in [1.29, 1.82) is 0 Å². The summed E-state index contributed by atoms with van der Waals surface area (Å²) in [5.74, 6) is 0.328. The number of hydrogen-bond donors (Lipinski definition) is 1. The summed E-state index contributed by atoms with van der Waals surface area (Å²) in [5.41, 5.74) is -0.197. The van der Waals surface area contributed by atoms with E-state index in [2.05, 4.69) is 32.8 Å². The van der Waals surface area contributed by atoms with E-state index in [1.807, 2.05) is 0 Å². The molecule has 2 rings (SSSR count). The second-order valence-corrected chi connectivity index (χ2v) is 6.95. The minimum Gasteiger partial charge on any atom is -0.391 e. The molecule has 1 N–H and O–H groups in total. The standard InChI is InChI=1S/C16H31NO3/c1-5-15(2,17(3)4)14(18)13-6-9-20-16(12-13)7-10-19-11-8-16/h13-14,18H,5-12H2,1-4H3. The van der Waals surface area contributed by atoms with E-state index in [0.717, 1.165) is 51.9 Å². The first kappa shape index (κ1) is 16.2. The van der Waals surface area contributed by atoms with Gasteiger partial charge in [0.25, 0.3) is 0 Å². The molecule has 2 aliphatic rings. The molecule has 2 aliphatic heterocycles. The van der Waals surface area contributed by atoms with E-state index in [-0.39, 0.29) is 17.2 Å². The fourth-order valence-corrected chi connectivity index (χ4v) is 3.72. The van der Waals surface area contributed by atoms with Crippen molar-refractivity contribution in [3.63, 3.8) is 0 Å². The molecule has 0 bridgehead atoms. The van der Waals surface area contributed by atoms with Gasteiger partial charge in [-0.2, -0.15) is 0 Å². The second-order valence-electron chi connectivity index (χ2n) is 6.95. The van der Waals surface area contributed by atoms with Gasteiger partial charge in [0.1, 0.15) is 0 Å². The van der Waals surface area contributed by atoms with Gasteiger partial charge in [-0.25, -0.2) is 0 Å². The van der Waals surface area contributed by atoms with E-state index in [4.69, 9.17) is 9.47 Å². The highest BCUT2D eigenvalue weighted by Gasteiger charge is 2.45. The van der Waals surface area contributed by atoms with Crippen LogP contribution in [0.25, 0.3) is 0 Å². The molecule has 2 saturated heterocycles. The van der Waals surface area contributed by atoms with Crippen LogP contribution in [-0.2, 0) is 9.47 Å². The van der Waals surface area contributed by atoms with Gasteiger partial charge in [0.2, 0.25) is 0 Å². The summed E-state index contributed by atoms with van der Waals surface area (Å²) in [6.45, 7) is 6.69.